The van der Waals surface area contributed by atoms with Crippen molar-refractivity contribution in [1.82, 2.24) is 4.90 Å². The zero-order valence-electron chi connectivity index (χ0n) is 13.3. The Hall–Kier alpha value is -2.13. The fourth-order valence-electron chi connectivity index (χ4n) is 3.41. The number of hydrogen-bond donors (Lipinski definition) is 1. The van der Waals surface area contributed by atoms with Crippen LogP contribution in [0, 0.1) is 0 Å². The van der Waals surface area contributed by atoms with Crippen molar-refractivity contribution < 1.29 is 9.90 Å². The average molecular weight is 309 g/mol. The van der Waals surface area contributed by atoms with E-state index >= 15 is 0 Å². The minimum atomic E-state index is 0.0818. The number of carbonyl (C=O) groups excluding carboxylic acids is 1. The first-order chi connectivity index (χ1) is 11.3. The summed E-state index contributed by atoms with van der Waals surface area (Å²) in [5.74, 6) is 0.0818. The summed E-state index contributed by atoms with van der Waals surface area (Å²) in [7, 11) is 0. The van der Waals surface area contributed by atoms with Gasteiger partial charge in [-0.1, -0.05) is 42.5 Å². The molecule has 0 spiro atoms. The van der Waals surface area contributed by atoms with Crippen LogP contribution in [0.15, 0.2) is 48.5 Å². The van der Waals surface area contributed by atoms with E-state index in [9.17, 15) is 4.79 Å². The standard InChI is InChI=1S/C20H23NO2/c22-15-5-10-18-9-4-14-21(18)20(23)13-12-17-8-3-7-16-6-1-2-11-19(16)17/h1-3,6-8,11-13,18,22H,4-5,9-10,14-15H2/b13-12+. The lowest BCUT2D eigenvalue weighted by atomic mass is 10.0. The average Bonchev–Trinajstić information content (AvgIpc) is 3.06. The lowest BCUT2D eigenvalue weighted by molar-refractivity contribution is -0.126. The number of likely N-dealkylation sites (tertiary alicyclic amines) is 1. The molecule has 2 aromatic rings. The molecule has 1 unspecified atom stereocenters. The van der Waals surface area contributed by atoms with E-state index in [1.54, 1.807) is 6.08 Å². The number of aliphatic hydroxyl groups is 1. The zero-order chi connectivity index (χ0) is 16.1. The quantitative estimate of drug-likeness (QED) is 0.857. The van der Waals surface area contributed by atoms with Gasteiger partial charge in [0.05, 0.1) is 0 Å². The van der Waals surface area contributed by atoms with E-state index < -0.39 is 0 Å². The Balaban J connectivity index is 1.75. The molecular weight excluding hydrogens is 286 g/mol. The molecule has 1 saturated heterocycles. The molecule has 1 N–H and O–H groups in total. The minimum absolute atomic E-state index is 0.0818. The van der Waals surface area contributed by atoms with E-state index in [-0.39, 0.29) is 18.6 Å². The van der Waals surface area contributed by atoms with Gasteiger partial charge >= 0.3 is 0 Å². The predicted octanol–water partition coefficient (Wildman–Crippen LogP) is 3.62. The highest BCUT2D eigenvalue weighted by Gasteiger charge is 2.26. The molecule has 1 atom stereocenters. The van der Waals surface area contributed by atoms with Crippen LogP contribution in [0.4, 0.5) is 0 Å². The molecule has 3 heteroatoms. The van der Waals surface area contributed by atoms with Gasteiger partial charge in [0.15, 0.2) is 0 Å². The maximum atomic E-state index is 12.5. The van der Waals surface area contributed by atoms with Crippen LogP contribution in [-0.2, 0) is 4.79 Å². The lowest BCUT2D eigenvalue weighted by Crippen LogP contribution is -2.34. The van der Waals surface area contributed by atoms with Crippen molar-refractivity contribution in [2.45, 2.75) is 31.7 Å². The summed E-state index contributed by atoms with van der Waals surface area (Å²) in [5, 5.41) is 11.3. The Morgan fingerprint density at radius 3 is 2.91 bits per heavy atom. The number of nitrogens with zero attached hydrogens (tertiary/aromatic N) is 1. The highest BCUT2D eigenvalue weighted by atomic mass is 16.3. The summed E-state index contributed by atoms with van der Waals surface area (Å²) in [6.45, 7) is 1.03. The van der Waals surface area contributed by atoms with Gasteiger partial charge in [0, 0.05) is 25.3 Å². The van der Waals surface area contributed by atoms with E-state index in [2.05, 4.69) is 18.2 Å². The number of fused-ring (bicyclic) bond motifs is 1. The van der Waals surface area contributed by atoms with Crippen molar-refractivity contribution in [3.63, 3.8) is 0 Å². The van der Waals surface area contributed by atoms with Gasteiger partial charge in [-0.25, -0.2) is 0 Å². The molecule has 0 radical (unpaired) electrons. The van der Waals surface area contributed by atoms with E-state index in [1.807, 2.05) is 35.2 Å². The molecule has 120 valence electrons. The first kappa shape index (κ1) is 15.8. The number of amides is 1. The minimum Gasteiger partial charge on any atom is -0.396 e. The highest BCUT2D eigenvalue weighted by molar-refractivity contribution is 5.96. The second kappa shape index (κ2) is 7.42. The fourth-order valence-corrected chi connectivity index (χ4v) is 3.41. The predicted molar refractivity (Wildman–Crippen MR) is 94.0 cm³/mol. The Labute approximate surface area is 137 Å². The van der Waals surface area contributed by atoms with E-state index in [0.717, 1.165) is 43.2 Å². The second-order valence-electron chi connectivity index (χ2n) is 6.10. The monoisotopic (exact) mass is 309 g/mol. The first-order valence-corrected chi connectivity index (χ1v) is 8.37. The normalized spacial score (nSPS) is 18.1. The number of aliphatic hydroxyl groups excluding tert-OH is 1. The molecule has 3 nitrogen and oxygen atoms in total. The topological polar surface area (TPSA) is 40.5 Å². The molecule has 23 heavy (non-hydrogen) atoms. The van der Waals surface area contributed by atoms with Gasteiger partial charge in [0.1, 0.15) is 0 Å². The molecule has 2 aromatic carbocycles. The van der Waals surface area contributed by atoms with Crippen LogP contribution in [0.3, 0.4) is 0 Å². The molecule has 0 aliphatic carbocycles. The van der Waals surface area contributed by atoms with Gasteiger partial charge in [-0.3, -0.25) is 4.79 Å². The van der Waals surface area contributed by atoms with Gasteiger partial charge in [0.25, 0.3) is 0 Å². The van der Waals surface area contributed by atoms with Gasteiger partial charge in [-0.2, -0.15) is 0 Å². The van der Waals surface area contributed by atoms with Crippen LogP contribution in [0.1, 0.15) is 31.2 Å². The van der Waals surface area contributed by atoms with E-state index in [0.29, 0.717) is 0 Å². The van der Waals surface area contributed by atoms with Crippen LogP contribution in [0.25, 0.3) is 16.8 Å². The summed E-state index contributed by atoms with van der Waals surface area (Å²) >= 11 is 0. The largest absolute Gasteiger partial charge is 0.396 e. The fraction of sp³-hybridized carbons (Fsp3) is 0.350. The molecule has 1 fully saturated rings. The van der Waals surface area contributed by atoms with Gasteiger partial charge in [-0.15, -0.1) is 0 Å². The molecule has 3 rings (SSSR count). The molecule has 0 bridgehead atoms. The molecule has 0 saturated carbocycles. The van der Waals surface area contributed by atoms with E-state index in [4.69, 9.17) is 5.11 Å². The molecule has 0 aromatic heterocycles. The van der Waals surface area contributed by atoms with Crippen molar-refractivity contribution in [3.8, 4) is 0 Å². The van der Waals surface area contributed by atoms with Crippen molar-refractivity contribution in [2.24, 2.45) is 0 Å². The molecule has 1 aliphatic heterocycles. The number of hydrogen-bond acceptors (Lipinski definition) is 2. The third kappa shape index (κ3) is 3.62. The summed E-state index contributed by atoms with van der Waals surface area (Å²) in [6.07, 6.45) is 7.38. The SMILES string of the molecule is O=C(/C=C/c1cccc2ccccc12)N1CCCC1CCCO. The van der Waals surface area contributed by atoms with Crippen LogP contribution in [-0.4, -0.2) is 35.1 Å². The second-order valence-corrected chi connectivity index (χ2v) is 6.10. The first-order valence-electron chi connectivity index (χ1n) is 8.37. The van der Waals surface area contributed by atoms with E-state index in [1.165, 1.54) is 5.39 Å². The molecule has 1 heterocycles. The molecular formula is C20H23NO2. The third-order valence-electron chi connectivity index (χ3n) is 4.58. The molecule has 1 amide bonds. The third-order valence-corrected chi connectivity index (χ3v) is 4.58. The van der Waals surface area contributed by atoms with Gasteiger partial charge in [-0.05, 0) is 48.1 Å². The summed E-state index contributed by atoms with van der Waals surface area (Å²) in [4.78, 5) is 14.5. The summed E-state index contributed by atoms with van der Waals surface area (Å²) < 4.78 is 0. The zero-order valence-corrected chi connectivity index (χ0v) is 13.3. The lowest BCUT2D eigenvalue weighted by Gasteiger charge is -2.23. The Morgan fingerprint density at radius 1 is 1.22 bits per heavy atom. The van der Waals surface area contributed by atoms with Crippen molar-refractivity contribution in [3.05, 3.63) is 54.1 Å². The molecule has 1 aliphatic rings. The van der Waals surface area contributed by atoms with Crippen LogP contribution < -0.4 is 0 Å². The van der Waals surface area contributed by atoms with Crippen LogP contribution in [0.2, 0.25) is 0 Å². The Bertz CT molecular complexity index is 702. The smallest absolute Gasteiger partial charge is 0.246 e. The number of carbonyl (C=O) groups is 1. The van der Waals surface area contributed by atoms with Crippen molar-refractivity contribution in [2.75, 3.05) is 13.2 Å². The number of benzene rings is 2. The Morgan fingerprint density at radius 2 is 2.04 bits per heavy atom. The highest BCUT2D eigenvalue weighted by Crippen LogP contribution is 2.23. The number of rotatable bonds is 5. The summed E-state index contributed by atoms with van der Waals surface area (Å²) in [6, 6.07) is 14.6. The Kier molecular flexibility index (Phi) is 5.09. The maximum Gasteiger partial charge on any atom is 0.246 e. The van der Waals surface area contributed by atoms with Crippen LogP contribution >= 0.6 is 0 Å². The van der Waals surface area contributed by atoms with Crippen molar-refractivity contribution >= 4 is 22.8 Å². The summed E-state index contributed by atoms with van der Waals surface area (Å²) in [5.41, 5.74) is 1.07. The van der Waals surface area contributed by atoms with Gasteiger partial charge in [0.2, 0.25) is 5.91 Å². The van der Waals surface area contributed by atoms with Crippen molar-refractivity contribution in [1.29, 1.82) is 0 Å². The van der Waals surface area contributed by atoms with Gasteiger partial charge < -0.3 is 10.0 Å². The van der Waals surface area contributed by atoms with Crippen LogP contribution in [0.5, 0.6) is 0 Å². The maximum absolute atomic E-state index is 12.5.